The van der Waals surface area contributed by atoms with Crippen LogP contribution < -0.4 is 0 Å². The van der Waals surface area contributed by atoms with Gasteiger partial charge in [0.2, 0.25) is 0 Å². The standard InChI is InChI=1S/C3H7O.C2H4F.CH3F.Y/c1-3-4-2;1-2-3;1-2;/h2-3H2,1H3;1-2H2;1H3;/q2*-1;;. The van der Waals surface area contributed by atoms with Crippen LogP contribution in [0.25, 0.3) is 0 Å². The predicted octanol–water partition coefficient (Wildman–Crippen LogP) is 2.19. The van der Waals surface area contributed by atoms with Gasteiger partial charge in [0, 0.05) is 39.3 Å². The molecule has 0 N–H and O–H groups in total. The molecule has 0 amide bonds. The molecule has 0 fully saturated rings. The van der Waals surface area contributed by atoms with Crippen molar-refractivity contribution in [3.8, 4) is 0 Å². The van der Waals surface area contributed by atoms with Crippen LogP contribution in [0.1, 0.15) is 6.92 Å². The topological polar surface area (TPSA) is 9.23 Å². The van der Waals surface area contributed by atoms with E-state index < -0.39 is 6.67 Å². The zero-order valence-corrected chi connectivity index (χ0v) is 9.41. The van der Waals surface area contributed by atoms with Crippen LogP contribution in [0, 0.1) is 14.0 Å². The predicted molar refractivity (Wildman–Crippen MR) is 35.3 cm³/mol. The molecule has 1 nitrogen and oxygen atoms in total. The molecule has 0 atom stereocenters. The minimum absolute atomic E-state index is 0. The summed E-state index contributed by atoms with van der Waals surface area (Å²) in [6.07, 6.45) is 0. The number of halogens is 2. The van der Waals surface area contributed by atoms with Crippen molar-refractivity contribution in [3.63, 3.8) is 0 Å². The molecule has 4 heteroatoms. The first-order valence-electron chi connectivity index (χ1n) is 2.43. The molecule has 10 heavy (non-hydrogen) atoms. The Morgan fingerprint density at radius 1 is 1.40 bits per heavy atom. The molecule has 0 saturated carbocycles. The Kier molecular flexibility index (Phi) is 115. The van der Waals surface area contributed by atoms with Crippen LogP contribution in [0.5, 0.6) is 0 Å². The van der Waals surface area contributed by atoms with Crippen LogP contribution in [0.4, 0.5) is 8.78 Å². The smallest absolute Gasteiger partial charge is 0.0785 e. The summed E-state index contributed by atoms with van der Waals surface area (Å²) < 4.78 is 24.0. The SMILES string of the molecule is CF.[CH2-]CF.[CH2-]OCC.[Y]. The largest absolute Gasteiger partial charge is 0.555 e. The molecular weight excluding hydrogens is 215 g/mol. The second-order valence-electron chi connectivity index (χ2n) is 0.682. The van der Waals surface area contributed by atoms with E-state index >= 15 is 0 Å². The third-order valence-corrected chi connectivity index (χ3v) is 0.204. The normalized spacial score (nSPS) is 5.40. The first-order valence-corrected chi connectivity index (χ1v) is 2.43. The molecule has 0 bridgehead atoms. The van der Waals surface area contributed by atoms with Crippen LogP contribution >= 0.6 is 0 Å². The van der Waals surface area contributed by atoms with E-state index in [4.69, 9.17) is 0 Å². The van der Waals surface area contributed by atoms with E-state index in [0.717, 1.165) is 0 Å². The number of rotatable bonds is 1. The van der Waals surface area contributed by atoms with Gasteiger partial charge in [-0.05, 0) is 13.6 Å². The van der Waals surface area contributed by atoms with Crippen LogP contribution in [0.15, 0.2) is 0 Å². The second-order valence-corrected chi connectivity index (χ2v) is 0.682. The fourth-order valence-electron chi connectivity index (χ4n) is 0. The first kappa shape index (κ1) is 22.4. The molecule has 0 aliphatic carbocycles. The van der Waals surface area contributed by atoms with E-state index in [2.05, 4.69) is 18.8 Å². The van der Waals surface area contributed by atoms with E-state index in [-0.39, 0.29) is 32.7 Å². The summed E-state index contributed by atoms with van der Waals surface area (Å²) in [7, 11) is 3.60. The van der Waals surface area contributed by atoms with Gasteiger partial charge in [-0.25, -0.2) is 7.11 Å². The molecule has 0 aromatic rings. The number of ether oxygens (including phenoxy) is 1. The molecular formula is C6H14F2OY-2. The maximum absolute atomic E-state index is 10.2. The minimum atomic E-state index is -0.500. The van der Waals surface area contributed by atoms with Crippen molar-refractivity contribution < 1.29 is 46.2 Å². The maximum Gasteiger partial charge on any atom is 0.0785 e. The maximum atomic E-state index is 10.2. The number of hydrogen-bond acceptors (Lipinski definition) is 1. The summed E-state index contributed by atoms with van der Waals surface area (Å²) in [6, 6.07) is 0. The van der Waals surface area contributed by atoms with Gasteiger partial charge in [0.15, 0.2) is 0 Å². The van der Waals surface area contributed by atoms with Crippen LogP contribution in [-0.4, -0.2) is 20.5 Å². The van der Waals surface area contributed by atoms with Gasteiger partial charge in [0.05, 0.1) is 7.18 Å². The van der Waals surface area contributed by atoms with E-state index in [1.807, 2.05) is 6.92 Å². The van der Waals surface area contributed by atoms with Crippen molar-refractivity contribution in [2.75, 3.05) is 20.5 Å². The second kappa shape index (κ2) is 51.3. The van der Waals surface area contributed by atoms with Gasteiger partial charge in [0.25, 0.3) is 0 Å². The van der Waals surface area contributed by atoms with Gasteiger partial charge in [0.1, 0.15) is 0 Å². The molecule has 0 saturated heterocycles. The Balaban J connectivity index is -0.0000000273. The number of hydrogen-bond donors (Lipinski definition) is 0. The Morgan fingerprint density at radius 2 is 1.50 bits per heavy atom. The van der Waals surface area contributed by atoms with E-state index in [1.165, 1.54) is 0 Å². The van der Waals surface area contributed by atoms with Crippen molar-refractivity contribution in [2.24, 2.45) is 0 Å². The molecule has 0 aliphatic heterocycles. The van der Waals surface area contributed by atoms with Crippen LogP contribution in [0.2, 0.25) is 0 Å². The summed E-state index contributed by atoms with van der Waals surface area (Å²) in [5.41, 5.74) is 0. The molecule has 0 heterocycles. The Morgan fingerprint density at radius 3 is 1.50 bits per heavy atom. The van der Waals surface area contributed by atoms with Gasteiger partial charge < -0.3 is 11.7 Å². The Labute approximate surface area is 87.4 Å². The first-order chi connectivity index (χ1) is 4.33. The molecule has 0 unspecified atom stereocenters. The quantitative estimate of drug-likeness (QED) is 0.626. The zero-order chi connectivity index (χ0) is 8.12. The van der Waals surface area contributed by atoms with Gasteiger partial charge in [-0.3, -0.25) is 8.78 Å². The minimum Gasteiger partial charge on any atom is -0.555 e. The number of alkyl halides is 2. The Bertz CT molecular complexity index is 23.2. The van der Waals surface area contributed by atoms with Crippen LogP contribution in [0.3, 0.4) is 0 Å². The summed E-state index contributed by atoms with van der Waals surface area (Å²) >= 11 is 0. The van der Waals surface area contributed by atoms with Crippen LogP contribution in [-0.2, 0) is 37.4 Å². The van der Waals surface area contributed by atoms with Crippen molar-refractivity contribution in [3.05, 3.63) is 14.0 Å². The average Bonchev–Trinajstić information content (AvgIpc) is 1.94. The summed E-state index contributed by atoms with van der Waals surface area (Å²) in [5.74, 6) is 0. The van der Waals surface area contributed by atoms with Crippen molar-refractivity contribution in [1.82, 2.24) is 0 Å². The van der Waals surface area contributed by atoms with Crippen molar-refractivity contribution in [1.29, 1.82) is 0 Å². The molecule has 0 aromatic carbocycles. The molecule has 63 valence electrons. The fourth-order valence-corrected chi connectivity index (χ4v) is 0. The summed E-state index contributed by atoms with van der Waals surface area (Å²) in [5, 5.41) is 0. The van der Waals surface area contributed by atoms with E-state index in [9.17, 15) is 8.78 Å². The Hall–Kier alpha value is 0.924. The third-order valence-electron chi connectivity index (χ3n) is 0.204. The fraction of sp³-hybridized carbons (Fsp3) is 0.667. The monoisotopic (exact) mass is 229 g/mol. The molecule has 0 spiro atoms. The third kappa shape index (κ3) is 151. The van der Waals surface area contributed by atoms with E-state index in [0.29, 0.717) is 13.8 Å². The van der Waals surface area contributed by atoms with E-state index in [1.54, 1.807) is 0 Å². The van der Waals surface area contributed by atoms with Gasteiger partial charge in [-0.1, -0.05) is 0 Å². The average molecular weight is 229 g/mol. The zero-order valence-electron chi connectivity index (χ0n) is 6.57. The molecule has 0 aromatic heterocycles. The molecule has 0 rings (SSSR count). The summed E-state index contributed by atoms with van der Waals surface area (Å²) in [4.78, 5) is 0. The van der Waals surface area contributed by atoms with Gasteiger partial charge >= 0.3 is 0 Å². The van der Waals surface area contributed by atoms with Gasteiger partial charge in [-0.2, -0.15) is 0 Å². The summed E-state index contributed by atoms with van der Waals surface area (Å²) in [6.45, 7) is 4.92. The van der Waals surface area contributed by atoms with Gasteiger partial charge in [-0.15, -0.1) is 0 Å². The molecule has 0 aliphatic rings. The van der Waals surface area contributed by atoms with Crippen molar-refractivity contribution in [2.45, 2.75) is 6.92 Å². The molecule has 1 radical (unpaired) electrons. The van der Waals surface area contributed by atoms with Crippen molar-refractivity contribution >= 4 is 0 Å².